The Balaban J connectivity index is 2.61. The van der Waals surface area contributed by atoms with Crippen molar-refractivity contribution in [2.45, 2.75) is 31.9 Å². The van der Waals surface area contributed by atoms with Gasteiger partial charge in [0, 0.05) is 31.5 Å². The summed E-state index contributed by atoms with van der Waals surface area (Å²) in [6.45, 7) is 2.14. The molecule has 2 unspecified atom stereocenters. The van der Waals surface area contributed by atoms with Gasteiger partial charge in [0.25, 0.3) is 0 Å². The van der Waals surface area contributed by atoms with Gasteiger partial charge < -0.3 is 10.1 Å². The van der Waals surface area contributed by atoms with E-state index < -0.39 is 0 Å². The highest BCUT2D eigenvalue weighted by Gasteiger charge is 2.18. The van der Waals surface area contributed by atoms with Crippen molar-refractivity contribution >= 4 is 0 Å². The number of methoxy groups -OCH3 is 1. The van der Waals surface area contributed by atoms with Gasteiger partial charge in [-0.3, -0.25) is 4.98 Å². The maximum Gasteiger partial charge on any atom is 0.0725 e. The third kappa shape index (κ3) is 3.61. The summed E-state index contributed by atoms with van der Waals surface area (Å²) < 4.78 is 5.43. The van der Waals surface area contributed by atoms with Crippen LogP contribution in [0, 0.1) is 0 Å². The van der Waals surface area contributed by atoms with E-state index in [-0.39, 0.29) is 6.10 Å². The van der Waals surface area contributed by atoms with Crippen LogP contribution in [-0.4, -0.2) is 31.3 Å². The molecule has 3 heteroatoms. The molecule has 0 amide bonds. The Hall–Kier alpha value is -0.930. The molecule has 1 N–H and O–H groups in total. The van der Waals surface area contributed by atoms with E-state index in [2.05, 4.69) is 17.2 Å². The molecule has 1 heterocycles. The quantitative estimate of drug-likeness (QED) is 0.771. The topological polar surface area (TPSA) is 34.1 Å². The number of nitrogens with zero attached hydrogens (tertiary/aromatic N) is 1. The summed E-state index contributed by atoms with van der Waals surface area (Å²) in [5.41, 5.74) is 1.10. The number of hydrogen-bond donors (Lipinski definition) is 1. The Kier molecular flexibility index (Phi) is 5.29. The van der Waals surface area contributed by atoms with Gasteiger partial charge >= 0.3 is 0 Å². The monoisotopic (exact) mass is 208 g/mol. The number of pyridine rings is 1. The van der Waals surface area contributed by atoms with Crippen LogP contribution in [0.1, 0.15) is 19.0 Å². The van der Waals surface area contributed by atoms with Gasteiger partial charge in [0.15, 0.2) is 0 Å². The molecule has 0 saturated carbocycles. The smallest absolute Gasteiger partial charge is 0.0725 e. The highest BCUT2D eigenvalue weighted by atomic mass is 16.5. The van der Waals surface area contributed by atoms with Gasteiger partial charge in [-0.1, -0.05) is 13.0 Å². The predicted octanol–water partition coefficient (Wildman–Crippen LogP) is 1.64. The molecule has 15 heavy (non-hydrogen) atoms. The van der Waals surface area contributed by atoms with E-state index in [0.717, 1.165) is 18.5 Å². The minimum atomic E-state index is 0.247. The Morgan fingerprint density at radius 1 is 1.47 bits per heavy atom. The first kappa shape index (κ1) is 12.1. The zero-order valence-corrected chi connectivity index (χ0v) is 9.73. The van der Waals surface area contributed by atoms with Crippen molar-refractivity contribution in [1.82, 2.24) is 10.3 Å². The van der Waals surface area contributed by atoms with Crippen LogP contribution in [-0.2, 0) is 11.2 Å². The van der Waals surface area contributed by atoms with E-state index in [1.54, 1.807) is 7.11 Å². The fourth-order valence-electron chi connectivity index (χ4n) is 1.78. The Morgan fingerprint density at radius 3 is 2.73 bits per heavy atom. The molecule has 2 atom stereocenters. The number of ether oxygens (including phenoxy) is 1. The lowest BCUT2D eigenvalue weighted by Gasteiger charge is -2.24. The van der Waals surface area contributed by atoms with Crippen molar-refractivity contribution in [3.63, 3.8) is 0 Å². The minimum Gasteiger partial charge on any atom is -0.380 e. The third-order valence-corrected chi connectivity index (χ3v) is 2.68. The van der Waals surface area contributed by atoms with E-state index in [4.69, 9.17) is 4.74 Å². The largest absolute Gasteiger partial charge is 0.380 e. The molecule has 84 valence electrons. The van der Waals surface area contributed by atoms with Crippen LogP contribution in [0.2, 0.25) is 0 Å². The molecular formula is C12H20N2O. The van der Waals surface area contributed by atoms with Gasteiger partial charge in [-0.15, -0.1) is 0 Å². The van der Waals surface area contributed by atoms with Crippen LogP contribution in [0.4, 0.5) is 0 Å². The van der Waals surface area contributed by atoms with Crippen molar-refractivity contribution in [3.8, 4) is 0 Å². The molecule has 0 aliphatic carbocycles. The lowest BCUT2D eigenvalue weighted by atomic mass is 10.0. The van der Waals surface area contributed by atoms with E-state index in [0.29, 0.717) is 6.04 Å². The molecule has 0 saturated heterocycles. The van der Waals surface area contributed by atoms with Crippen molar-refractivity contribution in [2.75, 3.05) is 14.2 Å². The molecule has 0 spiro atoms. The van der Waals surface area contributed by atoms with Crippen LogP contribution in [0.25, 0.3) is 0 Å². The molecule has 0 aliphatic rings. The maximum atomic E-state index is 5.43. The first-order valence-electron chi connectivity index (χ1n) is 5.41. The molecule has 0 aromatic carbocycles. The molecule has 3 nitrogen and oxygen atoms in total. The van der Waals surface area contributed by atoms with E-state index >= 15 is 0 Å². The molecule has 1 aromatic rings. The molecule has 0 fully saturated rings. The Morgan fingerprint density at radius 2 is 2.27 bits per heavy atom. The summed E-state index contributed by atoms with van der Waals surface area (Å²) in [4.78, 5) is 4.32. The standard InChI is InChI=1S/C12H20N2O/c1-4-12(15-3)11(13-2)9-10-7-5-6-8-14-10/h5-8,11-13H,4,9H2,1-3H3. The van der Waals surface area contributed by atoms with Crippen molar-refractivity contribution < 1.29 is 4.74 Å². The highest BCUT2D eigenvalue weighted by molar-refractivity contribution is 5.05. The first-order valence-corrected chi connectivity index (χ1v) is 5.41. The summed E-state index contributed by atoms with van der Waals surface area (Å²) in [7, 11) is 3.73. The average Bonchev–Trinajstić information content (AvgIpc) is 2.30. The van der Waals surface area contributed by atoms with Crippen LogP contribution >= 0.6 is 0 Å². The molecule has 0 bridgehead atoms. The second-order valence-corrected chi connectivity index (χ2v) is 3.60. The zero-order valence-electron chi connectivity index (χ0n) is 9.73. The van der Waals surface area contributed by atoms with E-state index in [1.165, 1.54) is 0 Å². The van der Waals surface area contributed by atoms with Gasteiger partial charge in [-0.2, -0.15) is 0 Å². The van der Waals surface area contributed by atoms with Gasteiger partial charge in [0.05, 0.1) is 6.10 Å². The van der Waals surface area contributed by atoms with E-state index in [9.17, 15) is 0 Å². The van der Waals surface area contributed by atoms with Gasteiger partial charge in [-0.05, 0) is 25.6 Å². The highest BCUT2D eigenvalue weighted by Crippen LogP contribution is 2.08. The first-order chi connectivity index (χ1) is 7.31. The fourth-order valence-corrected chi connectivity index (χ4v) is 1.78. The molecule has 1 rings (SSSR count). The number of aromatic nitrogens is 1. The molecule has 1 aromatic heterocycles. The summed E-state index contributed by atoms with van der Waals surface area (Å²) in [5, 5.41) is 3.29. The van der Waals surface area contributed by atoms with Crippen LogP contribution < -0.4 is 5.32 Å². The normalized spacial score (nSPS) is 14.9. The maximum absolute atomic E-state index is 5.43. The van der Waals surface area contributed by atoms with E-state index in [1.807, 2.05) is 31.4 Å². The van der Waals surface area contributed by atoms with Crippen molar-refractivity contribution in [2.24, 2.45) is 0 Å². The molecular weight excluding hydrogens is 188 g/mol. The number of likely N-dealkylation sites (N-methyl/N-ethyl adjacent to an activating group) is 1. The summed E-state index contributed by atoms with van der Waals surface area (Å²) in [6.07, 6.45) is 3.99. The van der Waals surface area contributed by atoms with Crippen molar-refractivity contribution in [3.05, 3.63) is 30.1 Å². The van der Waals surface area contributed by atoms with Crippen LogP contribution in [0.3, 0.4) is 0 Å². The SMILES string of the molecule is CCC(OC)C(Cc1ccccn1)NC. The average molecular weight is 208 g/mol. The lowest BCUT2D eigenvalue weighted by Crippen LogP contribution is -2.40. The van der Waals surface area contributed by atoms with Gasteiger partial charge in [-0.25, -0.2) is 0 Å². The van der Waals surface area contributed by atoms with Gasteiger partial charge in [0.1, 0.15) is 0 Å². The summed E-state index contributed by atoms with van der Waals surface area (Å²) in [5.74, 6) is 0. The van der Waals surface area contributed by atoms with Crippen LogP contribution in [0.5, 0.6) is 0 Å². The summed E-state index contributed by atoms with van der Waals surface area (Å²) in [6, 6.07) is 6.33. The second-order valence-electron chi connectivity index (χ2n) is 3.60. The lowest BCUT2D eigenvalue weighted by molar-refractivity contribution is 0.0675. The fraction of sp³-hybridized carbons (Fsp3) is 0.583. The molecule has 0 aliphatic heterocycles. The number of nitrogens with one attached hydrogen (secondary N) is 1. The summed E-state index contributed by atoms with van der Waals surface area (Å²) >= 11 is 0. The zero-order chi connectivity index (χ0) is 11.1. The number of rotatable bonds is 6. The van der Waals surface area contributed by atoms with Crippen molar-refractivity contribution in [1.29, 1.82) is 0 Å². The third-order valence-electron chi connectivity index (χ3n) is 2.68. The number of hydrogen-bond acceptors (Lipinski definition) is 3. The Bertz CT molecular complexity index is 260. The predicted molar refractivity (Wildman–Crippen MR) is 61.9 cm³/mol. The Labute approximate surface area is 91.9 Å². The van der Waals surface area contributed by atoms with Gasteiger partial charge in [0.2, 0.25) is 0 Å². The van der Waals surface area contributed by atoms with Crippen LogP contribution in [0.15, 0.2) is 24.4 Å². The minimum absolute atomic E-state index is 0.247. The molecule has 0 radical (unpaired) electrons. The second kappa shape index (κ2) is 6.53.